The molecule has 0 saturated carbocycles. The van der Waals surface area contributed by atoms with E-state index in [2.05, 4.69) is 13.2 Å². The first kappa shape index (κ1) is 25.7. The van der Waals surface area contributed by atoms with Crippen LogP contribution < -0.4 is 0 Å². The maximum Gasteiger partial charge on any atom is 0.200 e. The Labute approximate surface area is 177 Å². The van der Waals surface area contributed by atoms with Crippen molar-refractivity contribution >= 4 is 6.08 Å². The summed E-state index contributed by atoms with van der Waals surface area (Å²) >= 11 is 0. The van der Waals surface area contributed by atoms with Gasteiger partial charge in [0.1, 0.15) is 0 Å². The van der Waals surface area contributed by atoms with Crippen LogP contribution in [0.1, 0.15) is 58.1 Å². The molecule has 1 nitrogen and oxygen atoms in total. The Balaban J connectivity index is 2.61. The molecule has 1 aromatic carbocycles. The Hall–Kier alpha value is -2.30. The van der Waals surface area contributed by atoms with Gasteiger partial charge in [-0.1, -0.05) is 57.7 Å². The molecule has 30 heavy (non-hydrogen) atoms. The summed E-state index contributed by atoms with van der Waals surface area (Å²) in [6, 6.07) is 3.18. The Bertz CT molecular complexity index is 808. The third kappa shape index (κ3) is 7.19. The largest absolute Gasteiger partial charge is 0.491 e. The SMILES string of the molecule is C=C(OCC)/C(F)=C(/F)C(=C)C(C)CCC(C)CCc1ccc(/C=C/C)c(F)c1F. The van der Waals surface area contributed by atoms with E-state index >= 15 is 0 Å². The van der Waals surface area contributed by atoms with Crippen molar-refractivity contribution in [1.29, 1.82) is 0 Å². The van der Waals surface area contributed by atoms with Crippen molar-refractivity contribution < 1.29 is 22.3 Å². The predicted octanol–water partition coefficient (Wildman–Crippen LogP) is 8.24. The van der Waals surface area contributed by atoms with E-state index in [9.17, 15) is 17.6 Å². The molecule has 5 heteroatoms. The summed E-state index contributed by atoms with van der Waals surface area (Å²) in [5.41, 5.74) is 0.636. The van der Waals surface area contributed by atoms with E-state index in [4.69, 9.17) is 4.74 Å². The average molecular weight is 425 g/mol. The maximum atomic E-state index is 14.3. The van der Waals surface area contributed by atoms with E-state index in [-0.39, 0.29) is 35.3 Å². The van der Waals surface area contributed by atoms with Gasteiger partial charge >= 0.3 is 0 Å². The standard InChI is InChI=1S/C25H32F4O/c1-7-9-20-14-15-21(25(29)24(20)28)13-11-16(3)10-12-17(4)18(5)22(26)23(27)19(6)30-8-2/h7,9,14-17H,5-6,8,10-13H2,1-4H3/b9-7+,23-22-. The van der Waals surface area contributed by atoms with Gasteiger partial charge < -0.3 is 4.74 Å². The number of hydrogen-bond donors (Lipinski definition) is 0. The fourth-order valence-corrected chi connectivity index (χ4v) is 3.08. The molecule has 0 aliphatic carbocycles. The summed E-state index contributed by atoms with van der Waals surface area (Å²) in [6.45, 7) is 14.4. The molecule has 0 aliphatic rings. The van der Waals surface area contributed by atoms with Crippen LogP contribution in [0.5, 0.6) is 0 Å². The highest BCUT2D eigenvalue weighted by Gasteiger charge is 2.19. The molecular formula is C25H32F4O. The van der Waals surface area contributed by atoms with Gasteiger partial charge in [-0.05, 0) is 56.1 Å². The van der Waals surface area contributed by atoms with Gasteiger partial charge in [0.15, 0.2) is 29.0 Å². The number of benzene rings is 1. The Kier molecular flexibility index (Phi) is 10.6. The van der Waals surface area contributed by atoms with Gasteiger partial charge in [-0.3, -0.25) is 0 Å². The van der Waals surface area contributed by atoms with Gasteiger partial charge in [0.25, 0.3) is 0 Å². The number of ether oxygens (including phenoxy) is 1. The molecule has 0 bridgehead atoms. The Morgan fingerprint density at radius 2 is 1.70 bits per heavy atom. The van der Waals surface area contributed by atoms with Crippen molar-refractivity contribution in [2.45, 2.75) is 53.4 Å². The lowest BCUT2D eigenvalue weighted by atomic mass is 9.89. The first-order valence-corrected chi connectivity index (χ1v) is 10.3. The highest BCUT2D eigenvalue weighted by molar-refractivity contribution is 5.50. The molecule has 1 aromatic rings. The molecule has 0 radical (unpaired) electrons. The van der Waals surface area contributed by atoms with Gasteiger partial charge in [0, 0.05) is 5.56 Å². The summed E-state index contributed by atoms with van der Waals surface area (Å²) in [6.07, 6.45) is 5.57. The molecular weight excluding hydrogens is 392 g/mol. The maximum absolute atomic E-state index is 14.3. The van der Waals surface area contributed by atoms with Crippen molar-refractivity contribution in [1.82, 2.24) is 0 Å². The molecule has 0 aromatic heterocycles. The van der Waals surface area contributed by atoms with Crippen LogP contribution in [0, 0.1) is 23.5 Å². The third-order valence-electron chi connectivity index (χ3n) is 5.17. The van der Waals surface area contributed by atoms with Gasteiger partial charge in [-0.2, -0.15) is 4.39 Å². The molecule has 0 spiro atoms. The van der Waals surface area contributed by atoms with E-state index in [1.807, 2.05) is 6.92 Å². The molecule has 0 N–H and O–H groups in total. The lowest BCUT2D eigenvalue weighted by Gasteiger charge is -2.18. The van der Waals surface area contributed by atoms with Crippen LogP contribution in [0.25, 0.3) is 6.08 Å². The zero-order valence-electron chi connectivity index (χ0n) is 18.3. The molecule has 0 aliphatic heterocycles. The molecule has 2 unspecified atom stereocenters. The normalized spacial score (nSPS) is 14.4. The number of halogens is 4. The minimum absolute atomic E-state index is 0.0632. The summed E-state index contributed by atoms with van der Waals surface area (Å²) in [4.78, 5) is 0. The molecule has 2 atom stereocenters. The molecule has 1 rings (SSSR count). The zero-order chi connectivity index (χ0) is 22.8. The lowest BCUT2D eigenvalue weighted by Crippen LogP contribution is -2.06. The first-order chi connectivity index (χ1) is 14.1. The predicted molar refractivity (Wildman–Crippen MR) is 116 cm³/mol. The van der Waals surface area contributed by atoms with Crippen molar-refractivity contribution in [3.05, 3.63) is 77.1 Å². The summed E-state index contributed by atoms with van der Waals surface area (Å²) in [7, 11) is 0. The molecule has 0 heterocycles. The Morgan fingerprint density at radius 1 is 1.03 bits per heavy atom. The smallest absolute Gasteiger partial charge is 0.200 e. The van der Waals surface area contributed by atoms with Crippen molar-refractivity contribution in [3.8, 4) is 0 Å². The van der Waals surface area contributed by atoms with Crippen LogP contribution >= 0.6 is 0 Å². The fraction of sp³-hybridized carbons (Fsp3) is 0.440. The second-order valence-electron chi connectivity index (χ2n) is 7.57. The number of rotatable bonds is 12. The van der Waals surface area contributed by atoms with Crippen LogP contribution in [-0.2, 0) is 11.2 Å². The van der Waals surface area contributed by atoms with Crippen molar-refractivity contribution in [2.24, 2.45) is 11.8 Å². The van der Waals surface area contributed by atoms with E-state index in [0.717, 1.165) is 6.42 Å². The topological polar surface area (TPSA) is 9.23 Å². The minimum Gasteiger partial charge on any atom is -0.491 e. The van der Waals surface area contributed by atoms with Crippen LogP contribution in [0.3, 0.4) is 0 Å². The number of hydrogen-bond acceptors (Lipinski definition) is 1. The summed E-state index contributed by atoms with van der Waals surface area (Å²) in [5.74, 6) is -4.22. The quantitative estimate of drug-likeness (QED) is 0.186. The van der Waals surface area contributed by atoms with Crippen LogP contribution in [0.4, 0.5) is 17.6 Å². The zero-order valence-corrected chi connectivity index (χ0v) is 18.3. The van der Waals surface area contributed by atoms with Crippen LogP contribution in [0.2, 0.25) is 0 Å². The number of aryl methyl sites for hydroxylation is 1. The highest BCUT2D eigenvalue weighted by Crippen LogP contribution is 2.30. The van der Waals surface area contributed by atoms with Gasteiger partial charge in [-0.25, -0.2) is 13.2 Å². The average Bonchev–Trinajstić information content (AvgIpc) is 2.73. The second-order valence-corrected chi connectivity index (χ2v) is 7.57. The monoisotopic (exact) mass is 424 g/mol. The van der Waals surface area contributed by atoms with E-state index in [1.54, 1.807) is 39.0 Å². The third-order valence-corrected chi connectivity index (χ3v) is 5.17. The van der Waals surface area contributed by atoms with Gasteiger partial charge in [-0.15, -0.1) is 0 Å². The highest BCUT2D eigenvalue weighted by atomic mass is 19.2. The molecule has 166 valence electrons. The van der Waals surface area contributed by atoms with E-state index < -0.39 is 23.3 Å². The molecule has 0 amide bonds. The first-order valence-electron chi connectivity index (χ1n) is 10.3. The lowest BCUT2D eigenvalue weighted by molar-refractivity contribution is 0.223. The summed E-state index contributed by atoms with van der Waals surface area (Å²) in [5, 5.41) is 0. The number of allylic oxidation sites excluding steroid dienone is 4. The van der Waals surface area contributed by atoms with Crippen LogP contribution in [0.15, 0.2) is 54.4 Å². The van der Waals surface area contributed by atoms with E-state index in [0.29, 0.717) is 24.8 Å². The van der Waals surface area contributed by atoms with Crippen molar-refractivity contribution in [3.63, 3.8) is 0 Å². The van der Waals surface area contributed by atoms with Crippen LogP contribution in [-0.4, -0.2) is 6.61 Å². The Morgan fingerprint density at radius 3 is 2.30 bits per heavy atom. The van der Waals surface area contributed by atoms with Crippen molar-refractivity contribution in [2.75, 3.05) is 6.61 Å². The minimum atomic E-state index is -1.12. The van der Waals surface area contributed by atoms with Gasteiger partial charge in [0.2, 0.25) is 0 Å². The second kappa shape index (κ2) is 12.4. The van der Waals surface area contributed by atoms with Gasteiger partial charge in [0.05, 0.1) is 6.61 Å². The summed E-state index contributed by atoms with van der Waals surface area (Å²) < 4.78 is 61.4. The molecule has 0 fully saturated rings. The van der Waals surface area contributed by atoms with E-state index in [1.165, 1.54) is 6.08 Å². The fourth-order valence-electron chi connectivity index (χ4n) is 3.08. The molecule has 0 saturated heterocycles.